The number of carbonyl (C=O) groups is 2. The van der Waals surface area contributed by atoms with E-state index in [0.717, 1.165) is 24.2 Å². The number of amides is 1. The molecule has 2 aliphatic heterocycles. The van der Waals surface area contributed by atoms with Crippen molar-refractivity contribution in [3.8, 4) is 11.5 Å². The zero-order valence-corrected chi connectivity index (χ0v) is 16.4. The Morgan fingerprint density at radius 2 is 2.00 bits per heavy atom. The van der Waals surface area contributed by atoms with Crippen molar-refractivity contribution in [1.82, 2.24) is 10.2 Å². The van der Waals surface area contributed by atoms with Crippen LogP contribution in [-0.4, -0.2) is 54.2 Å². The van der Waals surface area contributed by atoms with Gasteiger partial charge in [0, 0.05) is 13.1 Å². The van der Waals surface area contributed by atoms with Crippen LogP contribution in [0.2, 0.25) is 0 Å². The minimum Gasteiger partial charge on any atom is -0.486 e. The molecule has 2 heterocycles. The second-order valence-electron chi connectivity index (χ2n) is 8.29. The molecule has 152 valence electrons. The van der Waals surface area contributed by atoms with E-state index in [1.165, 1.54) is 0 Å². The van der Waals surface area contributed by atoms with Gasteiger partial charge in [-0.3, -0.25) is 14.5 Å². The highest BCUT2D eigenvalue weighted by Crippen LogP contribution is 2.49. The Bertz CT molecular complexity index is 782. The molecule has 1 aliphatic carbocycles. The molecule has 4 atom stereocenters. The number of hydrogen-bond acceptors (Lipinski definition) is 5. The normalized spacial score (nSPS) is 28.4. The monoisotopic (exact) mass is 388 g/mol. The van der Waals surface area contributed by atoms with Crippen molar-refractivity contribution in [3.05, 3.63) is 23.8 Å². The van der Waals surface area contributed by atoms with Gasteiger partial charge in [0.15, 0.2) is 11.5 Å². The van der Waals surface area contributed by atoms with Crippen molar-refractivity contribution in [3.63, 3.8) is 0 Å². The average Bonchev–Trinajstić information content (AvgIpc) is 3.25. The summed E-state index contributed by atoms with van der Waals surface area (Å²) in [7, 11) is 0. The van der Waals surface area contributed by atoms with Crippen LogP contribution in [0.25, 0.3) is 0 Å². The maximum Gasteiger partial charge on any atom is 0.311 e. The molecule has 1 aromatic rings. The van der Waals surface area contributed by atoms with Crippen LogP contribution in [0.1, 0.15) is 44.7 Å². The van der Waals surface area contributed by atoms with E-state index in [9.17, 15) is 14.7 Å². The molecular formula is C21H28N2O5. The van der Waals surface area contributed by atoms with E-state index in [1.807, 2.05) is 36.9 Å². The van der Waals surface area contributed by atoms with Crippen LogP contribution < -0.4 is 14.8 Å². The summed E-state index contributed by atoms with van der Waals surface area (Å²) < 4.78 is 11.2. The SMILES string of the molecule is CC(NC(=O)C(C)N1C[C@@H]2CCC[C@@]2(C(=O)O)C1)c1ccc2c(c1)OCCO2. The molecule has 0 radical (unpaired) electrons. The van der Waals surface area contributed by atoms with Crippen LogP contribution >= 0.6 is 0 Å². The first kappa shape index (κ1) is 19.1. The molecule has 1 saturated heterocycles. The van der Waals surface area contributed by atoms with Crippen LogP contribution in [0.3, 0.4) is 0 Å². The van der Waals surface area contributed by atoms with Gasteiger partial charge < -0.3 is 19.9 Å². The molecule has 0 bridgehead atoms. The van der Waals surface area contributed by atoms with Gasteiger partial charge in [0.25, 0.3) is 0 Å². The fraction of sp³-hybridized carbons (Fsp3) is 0.619. The van der Waals surface area contributed by atoms with Crippen molar-refractivity contribution in [2.24, 2.45) is 11.3 Å². The highest BCUT2D eigenvalue weighted by molar-refractivity contribution is 5.82. The molecule has 2 N–H and O–H groups in total. The number of rotatable bonds is 5. The Labute approximate surface area is 165 Å². The summed E-state index contributed by atoms with van der Waals surface area (Å²) in [6, 6.07) is 5.17. The topological polar surface area (TPSA) is 88.1 Å². The molecule has 7 heteroatoms. The Hall–Kier alpha value is -2.28. The van der Waals surface area contributed by atoms with Gasteiger partial charge in [-0.1, -0.05) is 12.5 Å². The standard InChI is InChI=1S/C21H28N2O5/c1-13(15-5-6-17-18(10-15)28-9-8-27-17)22-19(24)14(2)23-11-16-4-3-7-21(16,12-23)20(25)26/h5-6,10,13-14,16H,3-4,7-9,11-12H2,1-2H3,(H,22,24)(H,25,26)/t13?,14?,16-,21+/m0/s1. The Morgan fingerprint density at radius 1 is 1.25 bits per heavy atom. The van der Waals surface area contributed by atoms with Crippen LogP contribution in [0.5, 0.6) is 11.5 Å². The molecule has 7 nitrogen and oxygen atoms in total. The van der Waals surface area contributed by atoms with E-state index in [0.29, 0.717) is 38.5 Å². The average molecular weight is 388 g/mol. The fourth-order valence-corrected chi connectivity index (χ4v) is 4.89. The van der Waals surface area contributed by atoms with Gasteiger partial charge in [0.1, 0.15) is 13.2 Å². The predicted octanol–water partition coefficient (Wildman–Crippen LogP) is 2.21. The van der Waals surface area contributed by atoms with Gasteiger partial charge in [-0.15, -0.1) is 0 Å². The van der Waals surface area contributed by atoms with Gasteiger partial charge in [0.05, 0.1) is 17.5 Å². The zero-order chi connectivity index (χ0) is 19.9. The third-order valence-electron chi connectivity index (χ3n) is 6.68. The first-order chi connectivity index (χ1) is 13.4. The van der Waals surface area contributed by atoms with Crippen molar-refractivity contribution in [2.45, 2.75) is 45.2 Å². The zero-order valence-electron chi connectivity index (χ0n) is 16.4. The Kier molecular flexibility index (Phi) is 4.95. The summed E-state index contributed by atoms with van der Waals surface area (Å²) in [4.78, 5) is 26.7. The number of hydrogen-bond donors (Lipinski definition) is 2. The molecule has 2 unspecified atom stereocenters. The van der Waals surface area contributed by atoms with Crippen LogP contribution in [-0.2, 0) is 9.59 Å². The van der Waals surface area contributed by atoms with E-state index in [4.69, 9.17) is 9.47 Å². The van der Waals surface area contributed by atoms with E-state index < -0.39 is 11.4 Å². The third-order valence-corrected chi connectivity index (χ3v) is 6.68. The summed E-state index contributed by atoms with van der Waals surface area (Å²) >= 11 is 0. The molecule has 1 aromatic carbocycles. The lowest BCUT2D eigenvalue weighted by molar-refractivity contribution is -0.149. The maximum absolute atomic E-state index is 12.8. The highest BCUT2D eigenvalue weighted by atomic mass is 16.6. The third kappa shape index (κ3) is 3.21. The van der Waals surface area contributed by atoms with Gasteiger partial charge in [0.2, 0.25) is 5.91 Å². The molecule has 1 amide bonds. The lowest BCUT2D eigenvalue weighted by Crippen LogP contribution is -2.46. The number of carboxylic acids is 1. The molecule has 2 fully saturated rings. The minimum absolute atomic E-state index is 0.0806. The maximum atomic E-state index is 12.8. The minimum atomic E-state index is -0.713. The Balaban J connectivity index is 1.40. The largest absolute Gasteiger partial charge is 0.486 e. The number of nitrogens with zero attached hydrogens (tertiary/aromatic N) is 1. The number of likely N-dealkylation sites (tertiary alicyclic amines) is 1. The fourth-order valence-electron chi connectivity index (χ4n) is 4.89. The molecule has 0 aromatic heterocycles. The van der Waals surface area contributed by atoms with Crippen molar-refractivity contribution >= 4 is 11.9 Å². The number of carbonyl (C=O) groups excluding carboxylic acids is 1. The molecule has 0 spiro atoms. The number of fused-ring (bicyclic) bond motifs is 2. The van der Waals surface area contributed by atoms with E-state index in [-0.39, 0.29) is 23.9 Å². The smallest absolute Gasteiger partial charge is 0.311 e. The highest BCUT2D eigenvalue weighted by Gasteiger charge is 2.55. The van der Waals surface area contributed by atoms with Crippen LogP contribution in [0, 0.1) is 11.3 Å². The van der Waals surface area contributed by atoms with Gasteiger partial charge >= 0.3 is 5.97 Å². The summed E-state index contributed by atoms with van der Waals surface area (Å²) in [6.07, 6.45) is 2.61. The lowest BCUT2D eigenvalue weighted by atomic mass is 9.81. The van der Waals surface area contributed by atoms with Gasteiger partial charge in [-0.25, -0.2) is 0 Å². The first-order valence-electron chi connectivity index (χ1n) is 10.1. The number of benzene rings is 1. The van der Waals surface area contributed by atoms with Crippen molar-refractivity contribution in [1.29, 1.82) is 0 Å². The second kappa shape index (κ2) is 7.28. The molecule has 3 aliphatic rings. The lowest BCUT2D eigenvalue weighted by Gasteiger charge is -2.28. The quantitative estimate of drug-likeness (QED) is 0.804. The number of carboxylic acid groups (broad SMARTS) is 1. The summed E-state index contributed by atoms with van der Waals surface area (Å²) in [6.45, 7) is 6.01. The number of aliphatic carboxylic acids is 1. The van der Waals surface area contributed by atoms with Crippen LogP contribution in [0.4, 0.5) is 0 Å². The van der Waals surface area contributed by atoms with Gasteiger partial charge in [-0.2, -0.15) is 0 Å². The van der Waals surface area contributed by atoms with E-state index in [1.54, 1.807) is 0 Å². The van der Waals surface area contributed by atoms with Gasteiger partial charge in [-0.05, 0) is 50.3 Å². The second-order valence-corrected chi connectivity index (χ2v) is 8.29. The molecule has 4 rings (SSSR count). The van der Waals surface area contributed by atoms with E-state index >= 15 is 0 Å². The summed E-state index contributed by atoms with van der Waals surface area (Å²) in [5.74, 6) is 0.784. The van der Waals surface area contributed by atoms with Crippen LogP contribution in [0.15, 0.2) is 18.2 Å². The summed E-state index contributed by atoms with van der Waals surface area (Å²) in [5.41, 5.74) is 0.279. The molecule has 28 heavy (non-hydrogen) atoms. The molecular weight excluding hydrogens is 360 g/mol. The van der Waals surface area contributed by atoms with E-state index in [2.05, 4.69) is 5.32 Å². The summed E-state index contributed by atoms with van der Waals surface area (Å²) in [5, 5.41) is 12.8. The van der Waals surface area contributed by atoms with Crippen molar-refractivity contribution in [2.75, 3.05) is 26.3 Å². The van der Waals surface area contributed by atoms with Crippen molar-refractivity contribution < 1.29 is 24.2 Å². The number of nitrogens with one attached hydrogen (secondary N) is 1. The Morgan fingerprint density at radius 3 is 2.71 bits per heavy atom. The molecule has 1 saturated carbocycles. The first-order valence-corrected chi connectivity index (χ1v) is 10.1. The predicted molar refractivity (Wildman–Crippen MR) is 102 cm³/mol. The number of ether oxygens (including phenoxy) is 2.